The number of carbonyl (C=O) groups excluding carboxylic acids is 3. The number of amides is 3. The summed E-state index contributed by atoms with van der Waals surface area (Å²) in [5.74, 6) is -3.45. The van der Waals surface area contributed by atoms with Crippen molar-refractivity contribution in [1.82, 2.24) is 25.9 Å². The molecule has 0 bridgehead atoms. The normalized spacial score (nSPS) is 13.4. The highest BCUT2D eigenvalue weighted by Gasteiger charge is 2.30. The molecule has 0 radical (unpaired) electrons. The molecule has 3 aromatic rings. The topological polar surface area (TPSA) is 264 Å². The van der Waals surface area contributed by atoms with Crippen LogP contribution in [0.4, 0.5) is 0 Å². The standard InChI is InChI=1S/C30H39N9O6/c31-22(13-18-5-2-1-3-6-18)26(41)38-24(14-19-8-10-21(40)11-9-19)28(43)37-23(7-4-12-35-30(32)33)27(42)39-25(29(44)45)15-20-16-34-17-36-20/h1-3,5-6,8-11,16-17,22-25,40H,4,7,12-15,31H2,(H,34,36)(H,37,43)(H,38,41)(H,39,42)(H,44,45)(H4,32,33,35). The van der Waals surface area contributed by atoms with Gasteiger partial charge in [-0.15, -0.1) is 0 Å². The molecule has 3 rings (SSSR count). The molecule has 4 unspecified atom stereocenters. The molecular weight excluding hydrogens is 582 g/mol. The molecule has 15 heteroatoms. The second kappa shape index (κ2) is 17.0. The lowest BCUT2D eigenvalue weighted by Gasteiger charge is -2.25. The van der Waals surface area contributed by atoms with Gasteiger partial charge in [-0.1, -0.05) is 42.5 Å². The number of nitrogens with two attached hydrogens (primary N) is 3. The van der Waals surface area contributed by atoms with Crippen LogP contribution in [-0.2, 0) is 38.4 Å². The summed E-state index contributed by atoms with van der Waals surface area (Å²) in [5.41, 5.74) is 18.9. The number of phenolic OH excluding ortho intramolecular Hbond substituents is 1. The van der Waals surface area contributed by atoms with Gasteiger partial charge in [-0.05, 0) is 42.5 Å². The first-order valence-corrected chi connectivity index (χ1v) is 14.3. The molecule has 0 saturated carbocycles. The van der Waals surface area contributed by atoms with Gasteiger partial charge in [0.15, 0.2) is 5.96 Å². The van der Waals surface area contributed by atoms with E-state index in [4.69, 9.17) is 17.2 Å². The zero-order chi connectivity index (χ0) is 32.8. The summed E-state index contributed by atoms with van der Waals surface area (Å²) in [5, 5.41) is 27.2. The lowest BCUT2D eigenvalue weighted by molar-refractivity contribution is -0.142. The first-order valence-electron chi connectivity index (χ1n) is 14.3. The number of hydrogen-bond acceptors (Lipinski definition) is 8. The number of H-pyrrole nitrogens is 1. The van der Waals surface area contributed by atoms with Gasteiger partial charge in [0.05, 0.1) is 12.4 Å². The highest BCUT2D eigenvalue weighted by Crippen LogP contribution is 2.13. The summed E-state index contributed by atoms with van der Waals surface area (Å²) in [4.78, 5) is 62.6. The van der Waals surface area contributed by atoms with Crippen LogP contribution in [0.25, 0.3) is 0 Å². The van der Waals surface area contributed by atoms with Gasteiger partial charge in [-0.25, -0.2) is 9.78 Å². The molecule has 0 aliphatic carbocycles. The van der Waals surface area contributed by atoms with Gasteiger partial charge >= 0.3 is 5.97 Å². The van der Waals surface area contributed by atoms with Crippen molar-refractivity contribution in [3.05, 3.63) is 83.9 Å². The molecule has 1 heterocycles. The van der Waals surface area contributed by atoms with E-state index in [1.54, 1.807) is 12.1 Å². The van der Waals surface area contributed by atoms with Gasteiger partial charge in [0.25, 0.3) is 0 Å². The third-order valence-corrected chi connectivity index (χ3v) is 6.82. The number of carbonyl (C=O) groups is 4. The predicted octanol–water partition coefficient (Wildman–Crippen LogP) is -0.937. The fourth-order valence-electron chi connectivity index (χ4n) is 4.45. The number of rotatable bonds is 17. The van der Waals surface area contributed by atoms with E-state index in [9.17, 15) is 29.4 Å². The SMILES string of the molecule is NC(N)=NCCCC(NC(=O)C(Cc1ccc(O)cc1)NC(=O)C(N)Cc1ccccc1)C(=O)NC(Cc1cnc[nH]1)C(=O)O. The van der Waals surface area contributed by atoms with Crippen molar-refractivity contribution in [2.45, 2.75) is 56.3 Å². The number of hydrogen-bond donors (Lipinski definition) is 9. The second-order valence-corrected chi connectivity index (χ2v) is 10.4. The number of nitrogens with one attached hydrogen (secondary N) is 4. The minimum Gasteiger partial charge on any atom is -0.508 e. The quantitative estimate of drug-likeness (QED) is 0.0507. The number of nitrogens with zero attached hydrogens (tertiary/aromatic N) is 2. The van der Waals surface area contributed by atoms with Crippen LogP contribution < -0.4 is 33.2 Å². The number of aromatic amines is 1. The van der Waals surface area contributed by atoms with Crippen LogP contribution in [0, 0.1) is 0 Å². The molecule has 2 aromatic carbocycles. The number of phenols is 1. The third-order valence-electron chi connectivity index (χ3n) is 6.82. The number of carboxylic acid groups (broad SMARTS) is 1. The summed E-state index contributed by atoms with van der Waals surface area (Å²) in [6.07, 6.45) is 3.31. The van der Waals surface area contributed by atoms with Crippen LogP contribution in [0.2, 0.25) is 0 Å². The molecular formula is C30H39N9O6. The van der Waals surface area contributed by atoms with E-state index in [0.29, 0.717) is 11.3 Å². The Morgan fingerprint density at radius 3 is 2.07 bits per heavy atom. The van der Waals surface area contributed by atoms with Crippen LogP contribution in [-0.4, -0.2) is 80.5 Å². The van der Waals surface area contributed by atoms with E-state index in [2.05, 4.69) is 30.9 Å². The highest BCUT2D eigenvalue weighted by molar-refractivity contribution is 5.94. The molecule has 0 aliphatic rings. The molecule has 15 nitrogen and oxygen atoms in total. The summed E-state index contributed by atoms with van der Waals surface area (Å²) in [6.45, 7) is 0.153. The molecule has 0 spiro atoms. The molecule has 0 fully saturated rings. The maximum Gasteiger partial charge on any atom is 0.326 e. The van der Waals surface area contributed by atoms with Gasteiger partial charge in [0.1, 0.15) is 23.9 Å². The number of aliphatic carboxylic acids is 1. The first-order chi connectivity index (χ1) is 21.5. The molecule has 4 atom stereocenters. The first kappa shape index (κ1) is 34.1. The Hall–Kier alpha value is -5.44. The zero-order valence-electron chi connectivity index (χ0n) is 24.6. The number of benzene rings is 2. The maximum atomic E-state index is 13.7. The van der Waals surface area contributed by atoms with Gasteiger partial charge in [0, 0.05) is 31.3 Å². The van der Waals surface area contributed by atoms with E-state index in [1.165, 1.54) is 24.7 Å². The van der Waals surface area contributed by atoms with Gasteiger partial charge < -0.3 is 48.3 Å². The Bertz CT molecular complexity index is 1430. The fourth-order valence-corrected chi connectivity index (χ4v) is 4.45. The maximum absolute atomic E-state index is 13.7. The summed E-state index contributed by atoms with van der Waals surface area (Å²) >= 11 is 0. The van der Waals surface area contributed by atoms with Gasteiger partial charge in [0.2, 0.25) is 17.7 Å². The zero-order valence-corrected chi connectivity index (χ0v) is 24.6. The predicted molar refractivity (Wildman–Crippen MR) is 166 cm³/mol. The van der Waals surface area contributed by atoms with E-state index in [-0.39, 0.29) is 50.4 Å². The van der Waals surface area contributed by atoms with Crippen LogP contribution in [0.5, 0.6) is 5.75 Å². The number of aliphatic imine (C=N–C) groups is 1. The van der Waals surface area contributed by atoms with E-state index in [0.717, 1.165) is 5.56 Å². The average molecular weight is 622 g/mol. The largest absolute Gasteiger partial charge is 0.508 e. The number of guanidine groups is 1. The lowest BCUT2D eigenvalue weighted by Crippen LogP contribution is -2.58. The fraction of sp³-hybridized carbons (Fsp3) is 0.333. The third kappa shape index (κ3) is 11.6. The lowest BCUT2D eigenvalue weighted by atomic mass is 10.0. The number of imidazole rings is 1. The summed E-state index contributed by atoms with van der Waals surface area (Å²) in [7, 11) is 0. The van der Waals surface area contributed by atoms with Crippen molar-refractivity contribution in [2.24, 2.45) is 22.2 Å². The van der Waals surface area contributed by atoms with Crippen molar-refractivity contribution in [2.75, 3.05) is 6.54 Å². The van der Waals surface area contributed by atoms with Crippen molar-refractivity contribution in [3.8, 4) is 5.75 Å². The number of aromatic nitrogens is 2. The van der Waals surface area contributed by atoms with E-state index < -0.39 is 47.9 Å². The van der Waals surface area contributed by atoms with Crippen LogP contribution in [0.15, 0.2) is 72.1 Å². The summed E-state index contributed by atoms with van der Waals surface area (Å²) < 4.78 is 0. The summed E-state index contributed by atoms with van der Waals surface area (Å²) in [6, 6.07) is 10.6. The minimum absolute atomic E-state index is 0.00975. The van der Waals surface area contributed by atoms with Gasteiger partial charge in [-0.3, -0.25) is 19.4 Å². The Labute approximate surface area is 259 Å². The molecule has 240 valence electrons. The van der Waals surface area contributed by atoms with Crippen LogP contribution >= 0.6 is 0 Å². The van der Waals surface area contributed by atoms with Crippen molar-refractivity contribution >= 4 is 29.7 Å². The Morgan fingerprint density at radius 1 is 0.822 bits per heavy atom. The molecule has 45 heavy (non-hydrogen) atoms. The Balaban J connectivity index is 1.79. The van der Waals surface area contributed by atoms with E-state index >= 15 is 0 Å². The Morgan fingerprint density at radius 2 is 1.44 bits per heavy atom. The monoisotopic (exact) mass is 621 g/mol. The minimum atomic E-state index is -1.32. The smallest absolute Gasteiger partial charge is 0.326 e. The van der Waals surface area contributed by atoms with Crippen LogP contribution in [0.1, 0.15) is 29.7 Å². The molecule has 0 aliphatic heterocycles. The molecule has 3 amide bonds. The van der Waals surface area contributed by atoms with Crippen molar-refractivity contribution in [1.29, 1.82) is 0 Å². The van der Waals surface area contributed by atoms with Gasteiger partial charge in [-0.2, -0.15) is 0 Å². The second-order valence-electron chi connectivity index (χ2n) is 10.4. The van der Waals surface area contributed by atoms with Crippen molar-refractivity contribution in [3.63, 3.8) is 0 Å². The number of carboxylic acids is 1. The van der Waals surface area contributed by atoms with E-state index in [1.807, 2.05) is 30.3 Å². The Kier molecular flexibility index (Phi) is 12.9. The molecule has 0 saturated heterocycles. The highest BCUT2D eigenvalue weighted by atomic mass is 16.4. The average Bonchev–Trinajstić information content (AvgIpc) is 3.52. The van der Waals surface area contributed by atoms with Crippen molar-refractivity contribution < 1.29 is 29.4 Å². The van der Waals surface area contributed by atoms with Crippen LogP contribution in [0.3, 0.4) is 0 Å². The molecule has 1 aromatic heterocycles. The molecule has 12 N–H and O–H groups in total. The number of aromatic hydroxyl groups is 1.